The van der Waals surface area contributed by atoms with Gasteiger partial charge in [0.25, 0.3) is 0 Å². The molecule has 0 aliphatic carbocycles. The molecule has 7 nitrogen and oxygen atoms in total. The predicted octanol–water partition coefficient (Wildman–Crippen LogP) is 9.43. The normalized spacial score (nSPS) is 10.3. The van der Waals surface area contributed by atoms with E-state index < -0.39 is 0 Å². The van der Waals surface area contributed by atoms with Gasteiger partial charge in [-0.2, -0.15) is 0 Å². The maximum absolute atomic E-state index is 5.18. The van der Waals surface area contributed by atoms with E-state index in [1.807, 2.05) is 39.4 Å². The van der Waals surface area contributed by atoms with Crippen LogP contribution in [0.4, 0.5) is 0 Å². The number of pyridine rings is 4. The molecule has 0 radical (unpaired) electrons. The van der Waals surface area contributed by atoms with Crippen molar-refractivity contribution >= 4 is 0 Å². The van der Waals surface area contributed by atoms with Crippen molar-refractivity contribution in [3.05, 3.63) is 115 Å². The summed E-state index contributed by atoms with van der Waals surface area (Å²) in [6.07, 6.45) is 11.1. The van der Waals surface area contributed by atoms with Gasteiger partial charge in [0, 0.05) is 68.3 Å². The smallest absolute Gasteiger partial charge is 0.0884 e. The molecule has 0 aliphatic heterocycles. The monoisotopic (exact) mass is 672 g/mol. The lowest BCUT2D eigenvalue weighted by molar-refractivity contribution is 0.181. The van der Waals surface area contributed by atoms with Crippen LogP contribution in [0.25, 0.3) is 0 Å². The largest absolute Gasteiger partial charge is 0.380 e. The summed E-state index contributed by atoms with van der Waals surface area (Å²) < 4.78 is 15.3. The number of hydrogen-bond acceptors (Lipinski definition) is 7. The molecule has 49 heavy (non-hydrogen) atoms. The number of hydrogen-bond donors (Lipinski definition) is 0. The van der Waals surface area contributed by atoms with Crippen LogP contribution in [0.15, 0.2) is 36.8 Å². The van der Waals surface area contributed by atoms with Crippen molar-refractivity contribution < 1.29 is 14.2 Å². The Morgan fingerprint density at radius 3 is 1.61 bits per heavy atom. The van der Waals surface area contributed by atoms with Gasteiger partial charge in [-0.25, -0.2) is 0 Å². The molecule has 4 heterocycles. The molecule has 270 valence electrons. The molecule has 0 fully saturated rings. The number of aromatic nitrogens is 4. The second kappa shape index (κ2) is 23.8. The molecule has 0 aromatic carbocycles. The topological polar surface area (TPSA) is 79.3 Å². The average Bonchev–Trinajstić information content (AvgIpc) is 3.08. The first-order valence-electron chi connectivity index (χ1n) is 17.7. The molecular formula is C42H64N4O3. The summed E-state index contributed by atoms with van der Waals surface area (Å²) in [7, 11) is 5.14. The Labute approximate surface area is 298 Å². The van der Waals surface area contributed by atoms with Gasteiger partial charge in [-0.3, -0.25) is 19.9 Å². The molecular weight excluding hydrogens is 608 g/mol. The summed E-state index contributed by atoms with van der Waals surface area (Å²) >= 11 is 0. The van der Waals surface area contributed by atoms with Crippen molar-refractivity contribution in [2.75, 3.05) is 21.3 Å². The number of nitrogens with zero attached hydrogens (tertiary/aromatic N) is 4. The van der Waals surface area contributed by atoms with E-state index in [0.29, 0.717) is 19.8 Å². The number of aryl methyl sites for hydroxylation is 9. The Morgan fingerprint density at radius 1 is 0.510 bits per heavy atom. The molecule has 0 saturated carbocycles. The highest BCUT2D eigenvalue weighted by atomic mass is 16.5. The zero-order chi connectivity index (χ0) is 36.9. The van der Waals surface area contributed by atoms with Gasteiger partial charge >= 0.3 is 0 Å². The molecule has 7 heteroatoms. The Balaban J connectivity index is 0.000000327. The fraction of sp³-hybridized carbons (Fsp3) is 0.524. The van der Waals surface area contributed by atoms with Crippen LogP contribution in [-0.4, -0.2) is 41.3 Å². The zero-order valence-corrected chi connectivity index (χ0v) is 33.1. The third-order valence-electron chi connectivity index (χ3n) is 8.51. The van der Waals surface area contributed by atoms with Gasteiger partial charge < -0.3 is 14.2 Å². The van der Waals surface area contributed by atoms with Crippen molar-refractivity contribution in [2.24, 2.45) is 0 Å². The van der Waals surface area contributed by atoms with Gasteiger partial charge in [-0.15, -0.1) is 0 Å². The fourth-order valence-corrected chi connectivity index (χ4v) is 5.73. The lowest BCUT2D eigenvalue weighted by atomic mass is 10.0. The molecule has 0 unspecified atom stereocenters. The highest BCUT2D eigenvalue weighted by molar-refractivity contribution is 5.35. The van der Waals surface area contributed by atoms with Crippen LogP contribution in [0.3, 0.4) is 0 Å². The average molecular weight is 673 g/mol. The first-order valence-corrected chi connectivity index (χ1v) is 17.7. The second-order valence-corrected chi connectivity index (χ2v) is 12.2. The molecule has 4 aromatic heterocycles. The standard InChI is InChI=1S/2C11H17NO.C10H15NO.C10H15N/c1-5-10-6-12-9(3)8(2)11(10)7-13-4;1-5-10-6-8(2)12-9(3)11(10)7-13-4;1-4-9-5-8(2)6-10(11-9)7-12-3;1-4-9-7-11-6-8(3)10(9)5-2/h2*6H,5,7H2,1-4H3;5-6H,4,7H2,1-3H3;6-7H,4-5H2,1-3H3. The van der Waals surface area contributed by atoms with Crippen LogP contribution < -0.4 is 0 Å². The highest BCUT2D eigenvalue weighted by Crippen LogP contribution is 2.18. The van der Waals surface area contributed by atoms with E-state index >= 15 is 0 Å². The highest BCUT2D eigenvalue weighted by Gasteiger charge is 2.08. The Morgan fingerprint density at radius 2 is 1.08 bits per heavy atom. The maximum Gasteiger partial charge on any atom is 0.0884 e. The van der Waals surface area contributed by atoms with E-state index in [1.54, 1.807) is 21.3 Å². The van der Waals surface area contributed by atoms with Gasteiger partial charge in [0.15, 0.2) is 0 Å². The summed E-state index contributed by atoms with van der Waals surface area (Å²) in [5.41, 5.74) is 17.4. The van der Waals surface area contributed by atoms with E-state index in [-0.39, 0.29) is 0 Å². The Hall–Kier alpha value is -3.52. The SMILES string of the molecule is CCc1cc(C)cc(COC)n1.CCc1cc(C)nc(C)c1COC.CCc1cnc(C)c(C)c1COC.CCc1cncc(C)c1CC. The summed E-state index contributed by atoms with van der Waals surface area (Å²) in [4.78, 5) is 17.3. The van der Waals surface area contributed by atoms with Gasteiger partial charge in [0.2, 0.25) is 0 Å². The predicted molar refractivity (Wildman–Crippen MR) is 204 cm³/mol. The van der Waals surface area contributed by atoms with Crippen molar-refractivity contribution in [1.29, 1.82) is 0 Å². The van der Waals surface area contributed by atoms with Crippen LogP contribution in [0, 0.1) is 41.5 Å². The summed E-state index contributed by atoms with van der Waals surface area (Å²) in [6.45, 7) is 25.2. The van der Waals surface area contributed by atoms with E-state index in [2.05, 4.69) is 93.5 Å². The lowest BCUT2D eigenvalue weighted by Crippen LogP contribution is -2.02. The molecule has 0 amide bonds. The Kier molecular flexibility index (Phi) is 21.1. The third-order valence-corrected chi connectivity index (χ3v) is 8.51. The number of methoxy groups -OCH3 is 3. The van der Waals surface area contributed by atoms with Crippen molar-refractivity contribution in [3.63, 3.8) is 0 Å². The van der Waals surface area contributed by atoms with Crippen LogP contribution >= 0.6 is 0 Å². The number of ether oxygens (including phenoxy) is 3. The van der Waals surface area contributed by atoms with Gasteiger partial charge in [-0.1, -0.05) is 34.6 Å². The summed E-state index contributed by atoms with van der Waals surface area (Å²) in [6, 6.07) is 6.31. The van der Waals surface area contributed by atoms with Crippen molar-refractivity contribution in [3.8, 4) is 0 Å². The van der Waals surface area contributed by atoms with Crippen molar-refractivity contribution in [2.45, 2.75) is 128 Å². The van der Waals surface area contributed by atoms with Crippen LogP contribution in [0.2, 0.25) is 0 Å². The van der Waals surface area contributed by atoms with Crippen LogP contribution in [-0.2, 0) is 66.1 Å². The minimum Gasteiger partial charge on any atom is -0.380 e. The van der Waals surface area contributed by atoms with E-state index in [9.17, 15) is 0 Å². The first kappa shape index (κ1) is 43.5. The van der Waals surface area contributed by atoms with Gasteiger partial charge in [-0.05, 0) is 136 Å². The summed E-state index contributed by atoms with van der Waals surface area (Å²) in [5.74, 6) is 0. The van der Waals surface area contributed by atoms with Crippen LogP contribution in [0.5, 0.6) is 0 Å². The second-order valence-electron chi connectivity index (χ2n) is 12.2. The Bertz CT molecular complexity index is 1550. The maximum atomic E-state index is 5.18. The molecule has 0 N–H and O–H groups in total. The van der Waals surface area contributed by atoms with E-state index in [4.69, 9.17) is 14.2 Å². The zero-order valence-electron chi connectivity index (χ0n) is 33.1. The molecule has 0 atom stereocenters. The van der Waals surface area contributed by atoms with E-state index in [0.717, 1.165) is 60.6 Å². The van der Waals surface area contributed by atoms with Gasteiger partial charge in [0.1, 0.15) is 0 Å². The first-order chi connectivity index (χ1) is 23.4. The molecule has 4 aromatic rings. The molecule has 4 rings (SSSR count). The van der Waals surface area contributed by atoms with Crippen LogP contribution in [0.1, 0.15) is 113 Å². The minimum absolute atomic E-state index is 0.606. The lowest BCUT2D eigenvalue weighted by Gasteiger charge is -2.11. The number of rotatable bonds is 11. The quantitative estimate of drug-likeness (QED) is 0.157. The molecule has 0 saturated heterocycles. The summed E-state index contributed by atoms with van der Waals surface area (Å²) in [5, 5.41) is 0. The molecule has 0 bridgehead atoms. The minimum atomic E-state index is 0.606. The van der Waals surface area contributed by atoms with E-state index in [1.165, 1.54) is 50.1 Å². The molecule has 0 aliphatic rings. The molecule has 0 spiro atoms. The fourth-order valence-electron chi connectivity index (χ4n) is 5.73. The third kappa shape index (κ3) is 14.5. The van der Waals surface area contributed by atoms with Crippen molar-refractivity contribution in [1.82, 2.24) is 19.9 Å². The van der Waals surface area contributed by atoms with Gasteiger partial charge in [0.05, 0.1) is 25.5 Å².